The SMILES string of the molecule is O=C(c1ccc(-c2nc(-c3ccccc3)no2)cc1)N1CCN(Cc2ccc3c(c2)OCO3)CC1. The van der Waals surface area contributed by atoms with Crippen LogP contribution in [0.15, 0.2) is 77.3 Å². The quantitative estimate of drug-likeness (QED) is 0.436. The Balaban J connectivity index is 1.06. The van der Waals surface area contributed by atoms with Gasteiger partial charge >= 0.3 is 0 Å². The van der Waals surface area contributed by atoms with Gasteiger partial charge in [-0.15, -0.1) is 0 Å². The second kappa shape index (κ2) is 9.23. The summed E-state index contributed by atoms with van der Waals surface area (Å²) in [6.07, 6.45) is 0. The smallest absolute Gasteiger partial charge is 0.258 e. The first kappa shape index (κ1) is 21.4. The lowest BCUT2D eigenvalue weighted by molar-refractivity contribution is 0.0628. The van der Waals surface area contributed by atoms with Gasteiger partial charge in [0.25, 0.3) is 11.8 Å². The van der Waals surface area contributed by atoms with Crippen molar-refractivity contribution in [2.75, 3.05) is 33.0 Å². The van der Waals surface area contributed by atoms with E-state index in [2.05, 4.69) is 21.1 Å². The Morgan fingerprint density at radius 2 is 1.60 bits per heavy atom. The topological polar surface area (TPSA) is 80.9 Å². The zero-order chi connectivity index (χ0) is 23.6. The van der Waals surface area contributed by atoms with E-state index in [4.69, 9.17) is 14.0 Å². The zero-order valence-corrected chi connectivity index (χ0v) is 19.1. The zero-order valence-electron chi connectivity index (χ0n) is 19.1. The number of piperazine rings is 1. The summed E-state index contributed by atoms with van der Waals surface area (Å²) >= 11 is 0. The number of benzene rings is 3. The highest BCUT2D eigenvalue weighted by Gasteiger charge is 2.23. The Morgan fingerprint density at radius 1 is 0.829 bits per heavy atom. The number of rotatable bonds is 5. The average molecular weight is 469 g/mol. The van der Waals surface area contributed by atoms with Crippen molar-refractivity contribution in [2.45, 2.75) is 6.54 Å². The van der Waals surface area contributed by atoms with E-state index in [-0.39, 0.29) is 12.7 Å². The molecule has 2 aliphatic rings. The molecule has 1 fully saturated rings. The molecule has 35 heavy (non-hydrogen) atoms. The number of fused-ring (bicyclic) bond motifs is 1. The second-order valence-corrected chi connectivity index (χ2v) is 8.62. The normalized spacial score (nSPS) is 15.4. The summed E-state index contributed by atoms with van der Waals surface area (Å²) in [5, 5.41) is 4.07. The van der Waals surface area contributed by atoms with Gasteiger partial charge in [0.2, 0.25) is 12.6 Å². The third kappa shape index (κ3) is 4.48. The molecule has 1 aromatic heterocycles. The first-order valence-electron chi connectivity index (χ1n) is 11.6. The molecule has 1 amide bonds. The van der Waals surface area contributed by atoms with Gasteiger partial charge in [-0.3, -0.25) is 9.69 Å². The van der Waals surface area contributed by atoms with E-state index >= 15 is 0 Å². The molecular weight excluding hydrogens is 444 g/mol. The van der Waals surface area contributed by atoms with Crippen LogP contribution in [0.4, 0.5) is 0 Å². The molecule has 0 saturated carbocycles. The molecular formula is C27H24N4O4. The molecule has 0 N–H and O–H groups in total. The molecule has 8 nitrogen and oxygen atoms in total. The van der Waals surface area contributed by atoms with Crippen molar-refractivity contribution in [3.05, 3.63) is 83.9 Å². The lowest BCUT2D eigenvalue weighted by Gasteiger charge is -2.34. The van der Waals surface area contributed by atoms with Gasteiger partial charge in [-0.25, -0.2) is 0 Å². The highest BCUT2D eigenvalue weighted by atomic mass is 16.7. The van der Waals surface area contributed by atoms with Crippen LogP contribution in [0, 0.1) is 0 Å². The number of carbonyl (C=O) groups excluding carboxylic acids is 1. The van der Waals surface area contributed by atoms with Crippen molar-refractivity contribution in [1.29, 1.82) is 0 Å². The maximum atomic E-state index is 13.1. The molecule has 3 heterocycles. The first-order chi connectivity index (χ1) is 17.2. The maximum Gasteiger partial charge on any atom is 0.258 e. The lowest BCUT2D eigenvalue weighted by Crippen LogP contribution is -2.48. The van der Waals surface area contributed by atoms with Crippen LogP contribution in [-0.2, 0) is 6.54 Å². The van der Waals surface area contributed by atoms with Gasteiger partial charge in [0, 0.05) is 49.4 Å². The second-order valence-electron chi connectivity index (χ2n) is 8.62. The van der Waals surface area contributed by atoms with E-state index in [1.54, 1.807) is 0 Å². The van der Waals surface area contributed by atoms with Gasteiger partial charge in [-0.1, -0.05) is 41.6 Å². The van der Waals surface area contributed by atoms with Crippen molar-refractivity contribution >= 4 is 5.91 Å². The number of carbonyl (C=O) groups is 1. The molecule has 0 bridgehead atoms. The Morgan fingerprint density at radius 3 is 2.40 bits per heavy atom. The molecule has 8 heteroatoms. The van der Waals surface area contributed by atoms with E-state index < -0.39 is 0 Å². The standard InChI is InChI=1S/C27H24N4O4/c32-27(31-14-12-30(13-15-31)17-19-6-11-23-24(16-19)34-18-33-23)22-9-7-21(8-10-22)26-28-25(29-35-26)20-4-2-1-3-5-20/h1-11,16H,12-15,17-18H2. The fourth-order valence-corrected chi connectivity index (χ4v) is 4.39. The number of amides is 1. The predicted molar refractivity (Wildman–Crippen MR) is 129 cm³/mol. The molecule has 176 valence electrons. The molecule has 0 unspecified atom stereocenters. The van der Waals surface area contributed by atoms with E-state index in [0.717, 1.165) is 42.3 Å². The van der Waals surface area contributed by atoms with Crippen molar-refractivity contribution in [2.24, 2.45) is 0 Å². The summed E-state index contributed by atoms with van der Waals surface area (Å²) in [6, 6.07) is 23.1. The van der Waals surface area contributed by atoms with Gasteiger partial charge < -0.3 is 18.9 Å². The molecule has 0 spiro atoms. The van der Waals surface area contributed by atoms with E-state index in [1.807, 2.05) is 71.6 Å². The van der Waals surface area contributed by atoms with Crippen LogP contribution >= 0.6 is 0 Å². The monoisotopic (exact) mass is 468 g/mol. The predicted octanol–water partition coefficient (Wildman–Crippen LogP) is 4.09. The highest BCUT2D eigenvalue weighted by Crippen LogP contribution is 2.33. The summed E-state index contributed by atoms with van der Waals surface area (Å²) in [4.78, 5) is 21.8. The first-order valence-corrected chi connectivity index (χ1v) is 11.6. The molecule has 0 aliphatic carbocycles. The van der Waals surface area contributed by atoms with Crippen molar-refractivity contribution in [3.8, 4) is 34.3 Å². The van der Waals surface area contributed by atoms with Crippen LogP contribution in [-0.4, -0.2) is 58.8 Å². The Hall–Kier alpha value is -4.17. The van der Waals surface area contributed by atoms with Gasteiger partial charge in [0.1, 0.15) is 0 Å². The van der Waals surface area contributed by atoms with Crippen LogP contribution in [0.2, 0.25) is 0 Å². The van der Waals surface area contributed by atoms with E-state index in [1.165, 1.54) is 5.56 Å². The van der Waals surface area contributed by atoms with Crippen LogP contribution in [0.1, 0.15) is 15.9 Å². The largest absolute Gasteiger partial charge is 0.454 e. The highest BCUT2D eigenvalue weighted by molar-refractivity contribution is 5.94. The fraction of sp³-hybridized carbons (Fsp3) is 0.222. The molecule has 6 rings (SSSR count). The Labute approximate surface area is 202 Å². The summed E-state index contributed by atoms with van der Waals surface area (Å²) in [5.74, 6) is 2.61. The molecule has 2 aliphatic heterocycles. The number of hydrogen-bond acceptors (Lipinski definition) is 7. The lowest BCUT2D eigenvalue weighted by atomic mass is 10.1. The molecule has 3 aromatic carbocycles. The summed E-state index contributed by atoms with van der Waals surface area (Å²) in [7, 11) is 0. The van der Waals surface area contributed by atoms with Gasteiger partial charge in [-0.2, -0.15) is 4.98 Å². The third-order valence-corrected chi connectivity index (χ3v) is 6.34. The minimum Gasteiger partial charge on any atom is -0.454 e. The molecule has 0 atom stereocenters. The minimum atomic E-state index is 0.0368. The summed E-state index contributed by atoms with van der Waals surface area (Å²) in [6.45, 7) is 4.13. The number of aromatic nitrogens is 2. The Kier molecular flexibility index (Phi) is 5.64. The van der Waals surface area contributed by atoms with Crippen LogP contribution in [0.5, 0.6) is 11.5 Å². The van der Waals surface area contributed by atoms with Gasteiger partial charge in [0.15, 0.2) is 11.5 Å². The summed E-state index contributed by atoms with van der Waals surface area (Å²) in [5.41, 5.74) is 3.51. The average Bonchev–Trinajstić information content (AvgIpc) is 3.59. The van der Waals surface area contributed by atoms with Gasteiger partial charge in [-0.05, 0) is 42.0 Å². The van der Waals surface area contributed by atoms with Crippen molar-refractivity contribution < 1.29 is 18.8 Å². The van der Waals surface area contributed by atoms with Crippen molar-refractivity contribution in [3.63, 3.8) is 0 Å². The fourth-order valence-electron chi connectivity index (χ4n) is 4.39. The molecule has 4 aromatic rings. The Bertz CT molecular complexity index is 1330. The maximum absolute atomic E-state index is 13.1. The summed E-state index contributed by atoms with van der Waals surface area (Å²) < 4.78 is 16.3. The van der Waals surface area contributed by atoms with E-state index in [0.29, 0.717) is 30.4 Å². The molecule has 0 radical (unpaired) electrons. The van der Waals surface area contributed by atoms with Crippen LogP contribution in [0.25, 0.3) is 22.8 Å². The number of hydrogen-bond donors (Lipinski definition) is 0. The number of ether oxygens (including phenoxy) is 2. The minimum absolute atomic E-state index is 0.0368. The van der Waals surface area contributed by atoms with Gasteiger partial charge in [0.05, 0.1) is 0 Å². The molecule has 1 saturated heterocycles. The van der Waals surface area contributed by atoms with Crippen LogP contribution < -0.4 is 9.47 Å². The van der Waals surface area contributed by atoms with Crippen molar-refractivity contribution in [1.82, 2.24) is 19.9 Å². The van der Waals surface area contributed by atoms with Crippen LogP contribution in [0.3, 0.4) is 0 Å². The van der Waals surface area contributed by atoms with E-state index in [9.17, 15) is 4.79 Å². The third-order valence-electron chi connectivity index (χ3n) is 6.34. The number of nitrogens with zero attached hydrogens (tertiary/aromatic N) is 4.